The number of aromatic nitrogens is 1. The van der Waals surface area contributed by atoms with Gasteiger partial charge in [0.2, 0.25) is 0 Å². The summed E-state index contributed by atoms with van der Waals surface area (Å²) in [5.41, 5.74) is 5.79. The minimum absolute atomic E-state index is 0.602. The van der Waals surface area contributed by atoms with Crippen LogP contribution in [0.2, 0.25) is 0 Å². The van der Waals surface area contributed by atoms with Gasteiger partial charge in [0.05, 0.1) is 15.7 Å². The molecule has 13 heavy (non-hydrogen) atoms. The number of nitrogens with zero attached hydrogens (tertiary/aromatic N) is 1. The van der Waals surface area contributed by atoms with E-state index in [9.17, 15) is 0 Å². The van der Waals surface area contributed by atoms with E-state index in [2.05, 4.69) is 37.9 Å². The van der Waals surface area contributed by atoms with E-state index in [4.69, 9.17) is 0 Å². The van der Waals surface area contributed by atoms with Crippen LogP contribution in [0, 0.1) is 6.92 Å². The van der Waals surface area contributed by atoms with Crippen molar-refractivity contribution in [2.75, 3.05) is 0 Å². The van der Waals surface area contributed by atoms with Gasteiger partial charge in [0.1, 0.15) is 0 Å². The van der Waals surface area contributed by atoms with Crippen molar-refractivity contribution in [3.05, 3.63) is 28.8 Å². The molecular formula is C11H13NS. The summed E-state index contributed by atoms with van der Waals surface area (Å²) < 4.78 is 1.31. The lowest BCUT2D eigenvalue weighted by Gasteiger charge is -2.06. The number of thiazole rings is 1. The third kappa shape index (κ3) is 1.46. The van der Waals surface area contributed by atoms with Gasteiger partial charge in [-0.15, -0.1) is 11.3 Å². The Morgan fingerprint density at radius 2 is 2.08 bits per heavy atom. The Morgan fingerprint density at radius 3 is 2.77 bits per heavy atom. The average Bonchev–Trinajstić information content (AvgIpc) is 2.51. The van der Waals surface area contributed by atoms with Gasteiger partial charge >= 0.3 is 0 Å². The van der Waals surface area contributed by atoms with E-state index in [-0.39, 0.29) is 0 Å². The minimum Gasteiger partial charge on any atom is -0.244 e. The Hall–Kier alpha value is -0.890. The molecule has 0 radical (unpaired) electrons. The van der Waals surface area contributed by atoms with Crippen LogP contribution in [0.25, 0.3) is 10.2 Å². The van der Waals surface area contributed by atoms with Crippen LogP contribution < -0.4 is 0 Å². The molecule has 0 aliphatic heterocycles. The number of rotatable bonds is 1. The summed E-state index contributed by atoms with van der Waals surface area (Å²) in [6.45, 7) is 6.58. The van der Waals surface area contributed by atoms with Gasteiger partial charge in [-0.2, -0.15) is 0 Å². The fraction of sp³-hybridized carbons (Fsp3) is 0.364. The van der Waals surface area contributed by atoms with Crippen molar-refractivity contribution in [2.45, 2.75) is 26.7 Å². The molecule has 0 atom stereocenters. The predicted octanol–water partition coefficient (Wildman–Crippen LogP) is 3.73. The normalized spacial score (nSPS) is 11.4. The monoisotopic (exact) mass is 191 g/mol. The van der Waals surface area contributed by atoms with Crippen LogP contribution in [-0.2, 0) is 0 Å². The van der Waals surface area contributed by atoms with Crippen LogP contribution in [0.15, 0.2) is 17.6 Å². The molecule has 1 aromatic heterocycles. The van der Waals surface area contributed by atoms with Crippen molar-refractivity contribution in [3.8, 4) is 0 Å². The van der Waals surface area contributed by atoms with E-state index < -0.39 is 0 Å². The first-order valence-corrected chi connectivity index (χ1v) is 5.40. The van der Waals surface area contributed by atoms with E-state index in [0.29, 0.717) is 5.92 Å². The lowest BCUT2D eigenvalue weighted by Crippen LogP contribution is -1.88. The van der Waals surface area contributed by atoms with E-state index in [1.54, 1.807) is 11.3 Å². The molecule has 0 N–H and O–H groups in total. The molecule has 0 fully saturated rings. The molecule has 68 valence electrons. The number of hydrogen-bond acceptors (Lipinski definition) is 2. The highest BCUT2D eigenvalue weighted by molar-refractivity contribution is 7.16. The summed E-state index contributed by atoms with van der Waals surface area (Å²) in [4.78, 5) is 4.34. The highest BCUT2D eigenvalue weighted by atomic mass is 32.1. The van der Waals surface area contributed by atoms with Gasteiger partial charge in [-0.1, -0.05) is 19.9 Å². The third-order valence-electron chi connectivity index (χ3n) is 2.32. The summed E-state index contributed by atoms with van der Waals surface area (Å²) in [7, 11) is 0. The van der Waals surface area contributed by atoms with E-state index >= 15 is 0 Å². The number of aryl methyl sites for hydroxylation is 1. The van der Waals surface area contributed by atoms with Gasteiger partial charge in [-0.05, 0) is 30.0 Å². The van der Waals surface area contributed by atoms with Gasteiger partial charge in [-0.3, -0.25) is 0 Å². The molecule has 0 amide bonds. The SMILES string of the molecule is Cc1cc(C(C)C)cc2scnc12. The predicted molar refractivity (Wildman–Crippen MR) is 58.4 cm³/mol. The average molecular weight is 191 g/mol. The first-order chi connectivity index (χ1) is 6.18. The van der Waals surface area contributed by atoms with Crippen LogP contribution in [0.1, 0.15) is 30.9 Å². The van der Waals surface area contributed by atoms with Gasteiger partial charge in [0.25, 0.3) is 0 Å². The molecule has 0 unspecified atom stereocenters. The summed E-state index contributed by atoms with van der Waals surface area (Å²) in [5.74, 6) is 0.602. The van der Waals surface area contributed by atoms with Gasteiger partial charge < -0.3 is 0 Å². The van der Waals surface area contributed by atoms with Crippen LogP contribution in [0.4, 0.5) is 0 Å². The fourth-order valence-corrected chi connectivity index (χ4v) is 2.30. The quantitative estimate of drug-likeness (QED) is 0.669. The Bertz CT molecular complexity index is 429. The first-order valence-electron chi connectivity index (χ1n) is 4.52. The number of hydrogen-bond donors (Lipinski definition) is 0. The largest absolute Gasteiger partial charge is 0.244 e. The van der Waals surface area contributed by atoms with Crippen molar-refractivity contribution in [2.24, 2.45) is 0 Å². The molecular weight excluding hydrogens is 178 g/mol. The second-order valence-corrected chi connectivity index (χ2v) is 4.58. The van der Waals surface area contributed by atoms with Gasteiger partial charge in [0, 0.05) is 0 Å². The van der Waals surface area contributed by atoms with Crippen molar-refractivity contribution in [1.29, 1.82) is 0 Å². The molecule has 2 rings (SSSR count). The summed E-state index contributed by atoms with van der Waals surface area (Å²) >= 11 is 1.72. The molecule has 1 nitrogen and oxygen atoms in total. The number of benzene rings is 1. The minimum atomic E-state index is 0.602. The molecule has 0 saturated heterocycles. The summed E-state index contributed by atoms with van der Waals surface area (Å²) in [5, 5.41) is 0. The second kappa shape index (κ2) is 3.11. The Morgan fingerprint density at radius 1 is 1.31 bits per heavy atom. The zero-order valence-corrected chi connectivity index (χ0v) is 8.98. The molecule has 2 heteroatoms. The fourth-order valence-electron chi connectivity index (χ4n) is 1.50. The zero-order chi connectivity index (χ0) is 9.42. The summed E-state index contributed by atoms with van der Waals surface area (Å²) in [6, 6.07) is 4.50. The smallest absolute Gasteiger partial charge is 0.0841 e. The maximum absolute atomic E-state index is 4.34. The van der Waals surface area contributed by atoms with Crippen LogP contribution in [0.3, 0.4) is 0 Å². The lowest BCUT2D eigenvalue weighted by atomic mass is 10.0. The standard InChI is InChI=1S/C11H13NS/c1-7(2)9-4-8(3)11-10(5-9)13-6-12-11/h4-7H,1-3H3. The molecule has 0 aliphatic rings. The molecule has 0 saturated carbocycles. The zero-order valence-electron chi connectivity index (χ0n) is 8.16. The molecule has 0 aliphatic carbocycles. The third-order valence-corrected chi connectivity index (χ3v) is 3.09. The van der Waals surface area contributed by atoms with Crippen molar-refractivity contribution in [3.63, 3.8) is 0 Å². The Balaban J connectivity index is 2.70. The number of fused-ring (bicyclic) bond motifs is 1. The molecule has 0 spiro atoms. The molecule has 0 bridgehead atoms. The van der Waals surface area contributed by atoms with Gasteiger partial charge in [-0.25, -0.2) is 4.98 Å². The van der Waals surface area contributed by atoms with Gasteiger partial charge in [0.15, 0.2) is 0 Å². The van der Waals surface area contributed by atoms with E-state index in [1.165, 1.54) is 15.8 Å². The van der Waals surface area contributed by atoms with E-state index in [0.717, 1.165) is 5.52 Å². The Labute approximate surface area is 82.4 Å². The topological polar surface area (TPSA) is 12.9 Å². The van der Waals surface area contributed by atoms with E-state index in [1.807, 2.05) is 5.51 Å². The lowest BCUT2D eigenvalue weighted by molar-refractivity contribution is 0.867. The summed E-state index contributed by atoms with van der Waals surface area (Å²) in [6.07, 6.45) is 0. The van der Waals surface area contributed by atoms with Crippen molar-refractivity contribution < 1.29 is 0 Å². The van der Waals surface area contributed by atoms with Crippen LogP contribution in [-0.4, -0.2) is 4.98 Å². The highest BCUT2D eigenvalue weighted by Gasteiger charge is 2.05. The second-order valence-electron chi connectivity index (χ2n) is 3.69. The van der Waals surface area contributed by atoms with Crippen LogP contribution >= 0.6 is 11.3 Å². The van der Waals surface area contributed by atoms with Crippen molar-refractivity contribution >= 4 is 21.6 Å². The Kier molecular flexibility index (Phi) is 2.08. The molecule has 1 aromatic carbocycles. The molecule has 2 aromatic rings. The van der Waals surface area contributed by atoms with Crippen LogP contribution in [0.5, 0.6) is 0 Å². The van der Waals surface area contributed by atoms with Crippen molar-refractivity contribution in [1.82, 2.24) is 4.98 Å². The maximum Gasteiger partial charge on any atom is 0.0841 e. The molecule has 1 heterocycles. The maximum atomic E-state index is 4.34. The first kappa shape index (κ1) is 8.70. The highest BCUT2D eigenvalue weighted by Crippen LogP contribution is 2.26.